The van der Waals surface area contributed by atoms with Gasteiger partial charge in [0.2, 0.25) is 0 Å². The molecule has 6 heteroatoms. The number of fused-ring (bicyclic) bond motifs is 8. The van der Waals surface area contributed by atoms with Crippen LogP contribution in [0.4, 0.5) is 0 Å². The third-order valence-corrected chi connectivity index (χ3v) is 10.1. The second-order valence-electron chi connectivity index (χ2n) is 13.4. The first-order valence-corrected chi connectivity index (χ1v) is 17.9. The zero-order valence-electron chi connectivity index (χ0n) is 28.8. The lowest BCUT2D eigenvalue weighted by molar-refractivity contribution is 0.670. The highest BCUT2D eigenvalue weighted by Gasteiger charge is 2.21. The van der Waals surface area contributed by atoms with Crippen molar-refractivity contribution in [2.24, 2.45) is 0 Å². The smallest absolute Gasteiger partial charge is 0.164 e. The lowest BCUT2D eigenvalue weighted by atomic mass is 9.97. The van der Waals surface area contributed by atoms with Crippen LogP contribution in [-0.2, 0) is 0 Å². The van der Waals surface area contributed by atoms with E-state index < -0.39 is 0 Å². The van der Waals surface area contributed by atoms with Crippen LogP contribution in [0.15, 0.2) is 179 Å². The lowest BCUT2D eigenvalue weighted by Gasteiger charge is -2.11. The molecule has 0 saturated heterocycles. The molecule has 7 aromatic carbocycles. The van der Waals surface area contributed by atoms with Crippen molar-refractivity contribution in [3.63, 3.8) is 0 Å². The van der Waals surface area contributed by atoms with E-state index in [-0.39, 0.29) is 0 Å². The summed E-state index contributed by atoms with van der Waals surface area (Å²) in [7, 11) is 0. The predicted octanol–water partition coefficient (Wildman–Crippen LogP) is 12.6. The summed E-state index contributed by atoms with van der Waals surface area (Å²) < 4.78 is 13.1. The van der Waals surface area contributed by atoms with E-state index in [1.54, 1.807) is 0 Å². The maximum absolute atomic E-state index is 6.70. The Morgan fingerprint density at radius 2 is 0.889 bits per heavy atom. The Hall–Kier alpha value is -7.44. The van der Waals surface area contributed by atoms with Gasteiger partial charge in [0.05, 0.1) is 16.6 Å². The molecule has 11 rings (SSSR count). The van der Waals surface area contributed by atoms with Gasteiger partial charge in [0.1, 0.15) is 22.3 Å². The van der Waals surface area contributed by atoms with Crippen LogP contribution in [-0.4, -0.2) is 19.9 Å². The van der Waals surface area contributed by atoms with Crippen molar-refractivity contribution in [2.45, 2.75) is 0 Å². The molecular formula is C48H28N4O2. The van der Waals surface area contributed by atoms with Crippen molar-refractivity contribution in [3.05, 3.63) is 170 Å². The van der Waals surface area contributed by atoms with E-state index in [1.807, 2.05) is 109 Å². The number of rotatable bonds is 5. The number of aromatic nitrogens is 4. The van der Waals surface area contributed by atoms with Crippen molar-refractivity contribution < 1.29 is 8.83 Å². The number of para-hydroxylation sites is 3. The van der Waals surface area contributed by atoms with Crippen LogP contribution in [0, 0.1) is 0 Å². The van der Waals surface area contributed by atoms with E-state index >= 15 is 0 Å². The first kappa shape index (κ1) is 30.2. The second kappa shape index (κ2) is 12.1. The van der Waals surface area contributed by atoms with E-state index in [0.717, 1.165) is 93.9 Å². The van der Waals surface area contributed by atoms with Gasteiger partial charge < -0.3 is 8.83 Å². The predicted molar refractivity (Wildman–Crippen MR) is 217 cm³/mol. The third-order valence-electron chi connectivity index (χ3n) is 10.1. The quantitative estimate of drug-likeness (QED) is 0.179. The summed E-state index contributed by atoms with van der Waals surface area (Å²) in [5.74, 6) is 1.82. The Morgan fingerprint density at radius 1 is 0.333 bits per heavy atom. The van der Waals surface area contributed by atoms with Crippen molar-refractivity contribution in [2.75, 3.05) is 0 Å². The first-order valence-electron chi connectivity index (χ1n) is 17.9. The van der Waals surface area contributed by atoms with Gasteiger partial charge >= 0.3 is 0 Å². The number of hydrogen-bond donors (Lipinski definition) is 0. The van der Waals surface area contributed by atoms with Crippen molar-refractivity contribution >= 4 is 54.8 Å². The molecule has 0 bridgehead atoms. The largest absolute Gasteiger partial charge is 0.455 e. The molecule has 4 aromatic heterocycles. The van der Waals surface area contributed by atoms with Gasteiger partial charge in [0.25, 0.3) is 0 Å². The summed E-state index contributed by atoms with van der Waals surface area (Å²) in [5, 5.41) is 5.10. The lowest BCUT2D eigenvalue weighted by Crippen LogP contribution is -2.00. The molecule has 0 aliphatic carbocycles. The topological polar surface area (TPSA) is 77.8 Å². The molecule has 0 fully saturated rings. The molecule has 0 spiro atoms. The summed E-state index contributed by atoms with van der Waals surface area (Å²) in [5.41, 5.74) is 10.7. The third kappa shape index (κ3) is 4.89. The van der Waals surface area contributed by atoms with Gasteiger partial charge in [-0.05, 0) is 35.9 Å². The number of pyridine rings is 1. The minimum atomic E-state index is 0.586. The molecule has 252 valence electrons. The monoisotopic (exact) mass is 692 g/mol. The van der Waals surface area contributed by atoms with E-state index in [0.29, 0.717) is 17.5 Å². The van der Waals surface area contributed by atoms with E-state index in [1.165, 1.54) is 0 Å². The maximum Gasteiger partial charge on any atom is 0.164 e. The van der Waals surface area contributed by atoms with Crippen LogP contribution in [0.25, 0.3) is 111 Å². The maximum atomic E-state index is 6.70. The molecule has 0 amide bonds. The van der Waals surface area contributed by atoms with Crippen molar-refractivity contribution in [1.82, 2.24) is 19.9 Å². The highest BCUT2D eigenvalue weighted by atomic mass is 16.3. The zero-order chi connectivity index (χ0) is 35.6. The number of hydrogen-bond acceptors (Lipinski definition) is 6. The summed E-state index contributed by atoms with van der Waals surface area (Å²) in [6.45, 7) is 0. The average Bonchev–Trinajstić information content (AvgIpc) is 3.83. The van der Waals surface area contributed by atoms with E-state index in [9.17, 15) is 0 Å². The van der Waals surface area contributed by atoms with Crippen LogP contribution in [0.2, 0.25) is 0 Å². The van der Waals surface area contributed by atoms with Gasteiger partial charge in [-0.2, -0.15) is 0 Å². The second-order valence-corrected chi connectivity index (χ2v) is 13.4. The summed E-state index contributed by atoms with van der Waals surface area (Å²) in [4.78, 5) is 20.2. The van der Waals surface area contributed by atoms with Crippen LogP contribution >= 0.6 is 0 Å². The van der Waals surface area contributed by atoms with E-state index in [4.69, 9.17) is 28.8 Å². The molecule has 6 nitrogen and oxygen atoms in total. The highest BCUT2D eigenvalue weighted by molar-refractivity contribution is 6.20. The standard InChI is InChI=1S/C48H28N4O2/c1-3-13-29(14-4-1)46-50-47(30-15-5-2-6-16-30)52-48(51-46)33-18-11-17-32(27-33)43-42-37-20-8-10-24-41(37)54-45(42)38-28-31(25-26-39(38)49-43)34-21-12-22-36-35-19-7-9-23-40(35)53-44(34)36/h1-28H. The van der Waals surface area contributed by atoms with Crippen molar-refractivity contribution in [1.29, 1.82) is 0 Å². The van der Waals surface area contributed by atoms with E-state index in [2.05, 4.69) is 60.7 Å². The van der Waals surface area contributed by atoms with Gasteiger partial charge in [-0.25, -0.2) is 19.9 Å². The van der Waals surface area contributed by atoms with Gasteiger partial charge in [-0.1, -0.05) is 140 Å². The van der Waals surface area contributed by atoms with Gasteiger partial charge in [-0.3, -0.25) is 0 Å². The van der Waals surface area contributed by atoms with Crippen LogP contribution < -0.4 is 0 Å². The molecule has 0 N–H and O–H groups in total. The Balaban J connectivity index is 1.10. The molecule has 0 atom stereocenters. The molecule has 0 aliphatic heterocycles. The van der Waals surface area contributed by atoms with Gasteiger partial charge in [-0.15, -0.1) is 0 Å². The zero-order valence-corrected chi connectivity index (χ0v) is 28.8. The Bertz CT molecular complexity index is 3160. The molecular weight excluding hydrogens is 665 g/mol. The normalized spacial score (nSPS) is 11.7. The fourth-order valence-corrected chi connectivity index (χ4v) is 7.56. The Morgan fingerprint density at radius 3 is 1.63 bits per heavy atom. The summed E-state index contributed by atoms with van der Waals surface area (Å²) in [6.07, 6.45) is 0. The first-order chi connectivity index (χ1) is 26.7. The molecule has 0 saturated carbocycles. The molecule has 0 radical (unpaired) electrons. The van der Waals surface area contributed by atoms with Crippen molar-refractivity contribution in [3.8, 4) is 56.5 Å². The molecule has 54 heavy (non-hydrogen) atoms. The minimum Gasteiger partial charge on any atom is -0.455 e. The van der Waals surface area contributed by atoms with Gasteiger partial charge in [0.15, 0.2) is 17.5 Å². The van der Waals surface area contributed by atoms with Gasteiger partial charge in [0, 0.05) is 49.4 Å². The van der Waals surface area contributed by atoms with Crippen LogP contribution in [0.3, 0.4) is 0 Å². The average molecular weight is 693 g/mol. The molecule has 0 aliphatic rings. The summed E-state index contributed by atoms with van der Waals surface area (Å²) in [6, 6.07) is 57.4. The minimum absolute atomic E-state index is 0.586. The number of nitrogens with zero attached hydrogens (tertiary/aromatic N) is 4. The van der Waals surface area contributed by atoms with Crippen LogP contribution in [0.1, 0.15) is 0 Å². The Kier molecular flexibility index (Phi) is 6.75. The SMILES string of the molecule is c1ccc(-c2nc(-c3ccccc3)nc(-c3cccc(-c4nc5ccc(-c6cccc7c6oc6ccccc67)cc5c5oc6ccccc6c45)c3)n2)cc1. The number of furan rings is 2. The van der Waals surface area contributed by atoms with Crippen LogP contribution in [0.5, 0.6) is 0 Å². The fourth-order valence-electron chi connectivity index (χ4n) is 7.56. The summed E-state index contributed by atoms with van der Waals surface area (Å²) >= 11 is 0. The number of benzene rings is 7. The fraction of sp³-hybridized carbons (Fsp3) is 0. The molecule has 0 unspecified atom stereocenters. The molecule has 4 heterocycles. The highest BCUT2D eigenvalue weighted by Crippen LogP contribution is 2.42. The molecule has 11 aromatic rings. The Labute approximate surface area is 309 Å².